The molecule has 0 radical (unpaired) electrons. The topological polar surface area (TPSA) is 25.8 Å². The van der Waals surface area contributed by atoms with Crippen molar-refractivity contribution in [1.82, 2.24) is 10.2 Å². The molecule has 1 aliphatic carbocycles. The van der Waals surface area contributed by atoms with Gasteiger partial charge in [0.1, 0.15) is 10.0 Å². The second-order valence-corrected chi connectivity index (χ2v) is 7.86. The van der Waals surface area contributed by atoms with E-state index in [1.807, 2.05) is 0 Å². The first-order valence-electron chi connectivity index (χ1n) is 6.89. The van der Waals surface area contributed by atoms with Gasteiger partial charge >= 0.3 is 0 Å². The van der Waals surface area contributed by atoms with E-state index in [2.05, 4.69) is 31.0 Å². The zero-order valence-electron chi connectivity index (χ0n) is 11.6. The van der Waals surface area contributed by atoms with Crippen LogP contribution in [0.1, 0.15) is 62.4 Å². The van der Waals surface area contributed by atoms with E-state index in [0.717, 1.165) is 17.3 Å². The van der Waals surface area contributed by atoms with Crippen LogP contribution in [0.2, 0.25) is 0 Å². The van der Waals surface area contributed by atoms with E-state index in [-0.39, 0.29) is 0 Å². The molecule has 1 aliphatic rings. The van der Waals surface area contributed by atoms with E-state index in [4.69, 9.17) is 11.6 Å². The average molecular weight is 287 g/mol. The van der Waals surface area contributed by atoms with Gasteiger partial charge in [-0.2, -0.15) is 0 Å². The van der Waals surface area contributed by atoms with Gasteiger partial charge in [-0.05, 0) is 37.0 Å². The van der Waals surface area contributed by atoms with Gasteiger partial charge in [-0.1, -0.05) is 20.8 Å². The highest BCUT2D eigenvalue weighted by Crippen LogP contribution is 2.43. The van der Waals surface area contributed by atoms with Crippen molar-refractivity contribution in [2.24, 2.45) is 11.3 Å². The Bertz CT molecular complexity index is 375. The highest BCUT2D eigenvalue weighted by Gasteiger charge is 2.31. The van der Waals surface area contributed by atoms with E-state index < -0.39 is 0 Å². The van der Waals surface area contributed by atoms with Crippen LogP contribution in [0.15, 0.2) is 0 Å². The Morgan fingerprint density at radius 1 is 1.17 bits per heavy atom. The first-order chi connectivity index (χ1) is 8.50. The van der Waals surface area contributed by atoms with Crippen LogP contribution in [0.5, 0.6) is 0 Å². The molecule has 0 atom stereocenters. The maximum atomic E-state index is 5.74. The molecule has 1 fully saturated rings. The molecule has 2 rings (SSSR count). The molecule has 1 heterocycles. The second-order valence-electron chi connectivity index (χ2n) is 6.39. The predicted molar refractivity (Wildman–Crippen MR) is 78.5 cm³/mol. The number of hydrogen-bond donors (Lipinski definition) is 0. The van der Waals surface area contributed by atoms with Gasteiger partial charge in [-0.15, -0.1) is 33.1 Å². The molecular weight excluding hydrogens is 264 g/mol. The standard InChI is InChI=1S/C14H23ClN2S/c1-14(2,3)11-6-4-10(5-7-11)13-17-16-12(18-13)8-9-15/h10-11H,4-9H2,1-3H3. The van der Waals surface area contributed by atoms with Gasteiger partial charge in [-0.25, -0.2) is 0 Å². The molecule has 2 nitrogen and oxygen atoms in total. The highest BCUT2D eigenvalue weighted by molar-refractivity contribution is 7.11. The molecule has 18 heavy (non-hydrogen) atoms. The molecular formula is C14H23ClN2S. The van der Waals surface area contributed by atoms with E-state index in [1.54, 1.807) is 11.3 Å². The molecule has 0 aromatic carbocycles. The van der Waals surface area contributed by atoms with Crippen molar-refractivity contribution in [3.8, 4) is 0 Å². The summed E-state index contributed by atoms with van der Waals surface area (Å²) in [6.07, 6.45) is 6.07. The molecule has 0 bridgehead atoms. The van der Waals surface area contributed by atoms with Crippen LogP contribution in [0.4, 0.5) is 0 Å². The Morgan fingerprint density at radius 2 is 1.83 bits per heavy atom. The second kappa shape index (κ2) is 5.87. The van der Waals surface area contributed by atoms with Crippen LogP contribution >= 0.6 is 22.9 Å². The third-order valence-corrected chi connectivity index (χ3v) is 5.43. The van der Waals surface area contributed by atoms with Crippen molar-refractivity contribution in [2.45, 2.75) is 58.8 Å². The fourth-order valence-electron chi connectivity index (χ4n) is 2.82. The molecule has 0 saturated heterocycles. The van der Waals surface area contributed by atoms with Gasteiger partial charge in [0.15, 0.2) is 0 Å². The van der Waals surface area contributed by atoms with Crippen LogP contribution in [-0.2, 0) is 6.42 Å². The molecule has 1 aromatic heterocycles. The third kappa shape index (κ3) is 3.45. The maximum absolute atomic E-state index is 5.74. The molecule has 4 heteroatoms. The van der Waals surface area contributed by atoms with E-state index >= 15 is 0 Å². The minimum Gasteiger partial charge on any atom is -0.144 e. The SMILES string of the molecule is CC(C)(C)C1CCC(c2nnc(CCCl)s2)CC1. The summed E-state index contributed by atoms with van der Waals surface area (Å²) < 4.78 is 0. The number of halogens is 1. The lowest BCUT2D eigenvalue weighted by Crippen LogP contribution is -2.25. The quantitative estimate of drug-likeness (QED) is 0.757. The van der Waals surface area contributed by atoms with Crippen molar-refractivity contribution in [3.05, 3.63) is 10.0 Å². The van der Waals surface area contributed by atoms with Crippen molar-refractivity contribution >= 4 is 22.9 Å². The number of alkyl halides is 1. The largest absolute Gasteiger partial charge is 0.144 e. The lowest BCUT2D eigenvalue weighted by molar-refractivity contribution is 0.169. The third-order valence-electron chi connectivity index (χ3n) is 4.09. The van der Waals surface area contributed by atoms with E-state index in [0.29, 0.717) is 17.2 Å². The monoisotopic (exact) mass is 286 g/mol. The highest BCUT2D eigenvalue weighted by atomic mass is 35.5. The fourth-order valence-corrected chi connectivity index (χ4v) is 4.12. The van der Waals surface area contributed by atoms with Crippen molar-refractivity contribution in [1.29, 1.82) is 0 Å². The first kappa shape index (κ1) is 14.3. The van der Waals surface area contributed by atoms with E-state index in [1.165, 1.54) is 30.7 Å². The molecule has 0 aliphatic heterocycles. The van der Waals surface area contributed by atoms with Crippen molar-refractivity contribution < 1.29 is 0 Å². The van der Waals surface area contributed by atoms with E-state index in [9.17, 15) is 0 Å². The van der Waals surface area contributed by atoms with Crippen LogP contribution in [0.3, 0.4) is 0 Å². The summed E-state index contributed by atoms with van der Waals surface area (Å²) in [4.78, 5) is 0. The van der Waals surface area contributed by atoms with Crippen LogP contribution in [-0.4, -0.2) is 16.1 Å². The number of aryl methyl sites for hydroxylation is 1. The fraction of sp³-hybridized carbons (Fsp3) is 0.857. The minimum absolute atomic E-state index is 0.454. The number of hydrogen-bond acceptors (Lipinski definition) is 3. The average Bonchev–Trinajstić information content (AvgIpc) is 2.77. The molecule has 1 saturated carbocycles. The summed E-state index contributed by atoms with van der Waals surface area (Å²) in [6, 6.07) is 0. The molecule has 0 amide bonds. The smallest absolute Gasteiger partial charge is 0.120 e. The number of aromatic nitrogens is 2. The summed E-state index contributed by atoms with van der Waals surface area (Å²) in [7, 11) is 0. The summed E-state index contributed by atoms with van der Waals surface area (Å²) in [6.45, 7) is 7.09. The van der Waals surface area contributed by atoms with Crippen LogP contribution in [0, 0.1) is 11.3 Å². The zero-order valence-corrected chi connectivity index (χ0v) is 13.2. The normalized spacial score (nSPS) is 25.3. The van der Waals surface area contributed by atoms with Gasteiger partial charge in [0, 0.05) is 18.2 Å². The van der Waals surface area contributed by atoms with Gasteiger partial charge < -0.3 is 0 Å². The zero-order chi connectivity index (χ0) is 13.2. The predicted octanol–water partition coefficient (Wildman–Crippen LogP) is 4.64. The summed E-state index contributed by atoms with van der Waals surface area (Å²) in [5.41, 5.74) is 0.454. The summed E-state index contributed by atoms with van der Waals surface area (Å²) in [5, 5.41) is 10.9. The van der Waals surface area contributed by atoms with Crippen LogP contribution < -0.4 is 0 Å². The Labute approximate surface area is 119 Å². The minimum atomic E-state index is 0.454. The molecule has 0 spiro atoms. The van der Waals surface area contributed by atoms with Crippen molar-refractivity contribution in [3.63, 3.8) is 0 Å². The molecule has 0 unspecified atom stereocenters. The molecule has 1 aromatic rings. The Morgan fingerprint density at radius 3 is 2.39 bits per heavy atom. The van der Waals surface area contributed by atoms with Gasteiger partial charge in [0.25, 0.3) is 0 Å². The summed E-state index contributed by atoms with van der Waals surface area (Å²) >= 11 is 7.51. The summed E-state index contributed by atoms with van der Waals surface area (Å²) in [5.74, 6) is 2.15. The number of nitrogens with zero attached hydrogens (tertiary/aromatic N) is 2. The number of rotatable bonds is 3. The lowest BCUT2D eigenvalue weighted by atomic mass is 9.70. The van der Waals surface area contributed by atoms with Crippen molar-refractivity contribution in [2.75, 3.05) is 5.88 Å². The molecule has 102 valence electrons. The maximum Gasteiger partial charge on any atom is 0.120 e. The van der Waals surface area contributed by atoms with Gasteiger partial charge in [0.2, 0.25) is 0 Å². The van der Waals surface area contributed by atoms with Gasteiger partial charge in [-0.3, -0.25) is 0 Å². The Kier molecular flexibility index (Phi) is 4.65. The molecule has 0 N–H and O–H groups in total. The Balaban J connectivity index is 1.92. The Hall–Kier alpha value is -0.150. The van der Waals surface area contributed by atoms with Crippen LogP contribution in [0.25, 0.3) is 0 Å². The lowest BCUT2D eigenvalue weighted by Gasteiger charge is -2.36. The first-order valence-corrected chi connectivity index (χ1v) is 8.24. The van der Waals surface area contributed by atoms with Gasteiger partial charge in [0.05, 0.1) is 0 Å².